The first kappa shape index (κ1) is 14.0. The second-order valence-corrected chi connectivity index (χ2v) is 7.30. The number of aryl methyl sites for hydroxylation is 1. The molecule has 1 atom stereocenters. The average molecular weight is 307 g/mol. The number of thiazole rings is 1. The Morgan fingerprint density at radius 2 is 2.35 bits per heavy atom. The van der Waals surface area contributed by atoms with Crippen LogP contribution in [-0.4, -0.2) is 11.5 Å². The molecule has 1 unspecified atom stereocenters. The monoisotopic (exact) mass is 307 g/mol. The predicted molar refractivity (Wildman–Crippen MR) is 87.8 cm³/mol. The lowest BCUT2D eigenvalue weighted by Crippen LogP contribution is -2.32. The lowest BCUT2D eigenvalue weighted by molar-refractivity contribution is 0.629. The minimum absolute atomic E-state index is 0.427. The number of hydrogen-bond acceptors (Lipinski definition) is 5. The van der Waals surface area contributed by atoms with Gasteiger partial charge in [0.1, 0.15) is 0 Å². The number of nitrogens with zero attached hydrogens (tertiary/aromatic N) is 2. The van der Waals surface area contributed by atoms with Crippen LogP contribution in [-0.2, 0) is 19.4 Å². The summed E-state index contributed by atoms with van der Waals surface area (Å²) in [4.78, 5) is 10.1. The van der Waals surface area contributed by atoms with Gasteiger partial charge >= 0.3 is 0 Å². The zero-order valence-electron chi connectivity index (χ0n) is 12.1. The third kappa shape index (κ3) is 2.38. The Labute approximate surface area is 128 Å². The minimum Gasteiger partial charge on any atom is -0.341 e. The Kier molecular flexibility index (Phi) is 4.10. The van der Waals surface area contributed by atoms with E-state index in [9.17, 15) is 0 Å². The fourth-order valence-corrected chi connectivity index (χ4v) is 4.91. The number of anilines is 1. The third-order valence-corrected chi connectivity index (χ3v) is 6.12. The summed E-state index contributed by atoms with van der Waals surface area (Å²) in [6, 6.07) is 2.69. The van der Waals surface area contributed by atoms with E-state index in [1.807, 2.05) is 11.3 Å². The normalized spacial score (nSPS) is 18.4. The number of thiophene rings is 1. The lowest BCUT2D eigenvalue weighted by Gasteiger charge is -2.33. The maximum atomic E-state index is 5.87. The van der Waals surface area contributed by atoms with Crippen molar-refractivity contribution in [3.8, 4) is 0 Å². The maximum absolute atomic E-state index is 5.87. The van der Waals surface area contributed by atoms with E-state index < -0.39 is 0 Å². The smallest absolute Gasteiger partial charge is 0.186 e. The van der Waals surface area contributed by atoms with Gasteiger partial charge in [-0.25, -0.2) is 4.98 Å². The molecule has 3 nitrogen and oxygen atoms in total. The van der Waals surface area contributed by atoms with E-state index >= 15 is 0 Å². The highest BCUT2D eigenvalue weighted by Gasteiger charge is 2.27. The first-order valence-electron chi connectivity index (χ1n) is 7.26. The van der Waals surface area contributed by atoms with Crippen LogP contribution in [0.1, 0.15) is 47.3 Å². The highest BCUT2D eigenvalue weighted by Crippen LogP contribution is 2.38. The predicted octanol–water partition coefficient (Wildman–Crippen LogP) is 3.74. The van der Waals surface area contributed by atoms with Gasteiger partial charge < -0.3 is 10.6 Å². The van der Waals surface area contributed by atoms with Crippen LogP contribution in [0.4, 0.5) is 5.13 Å². The largest absolute Gasteiger partial charge is 0.341 e. The van der Waals surface area contributed by atoms with Crippen molar-refractivity contribution >= 4 is 27.8 Å². The first-order chi connectivity index (χ1) is 9.74. The molecule has 0 spiro atoms. The van der Waals surface area contributed by atoms with Crippen LogP contribution in [0.3, 0.4) is 0 Å². The van der Waals surface area contributed by atoms with Crippen molar-refractivity contribution in [2.24, 2.45) is 5.73 Å². The number of aromatic nitrogens is 1. The molecule has 1 aliphatic rings. The Hall–Kier alpha value is -0.910. The molecule has 0 fully saturated rings. The van der Waals surface area contributed by atoms with Gasteiger partial charge in [-0.3, -0.25) is 0 Å². The molecule has 0 saturated heterocycles. The van der Waals surface area contributed by atoms with Gasteiger partial charge in [0.05, 0.1) is 11.7 Å². The highest BCUT2D eigenvalue weighted by molar-refractivity contribution is 7.15. The molecule has 5 heteroatoms. The van der Waals surface area contributed by atoms with Crippen molar-refractivity contribution in [3.05, 3.63) is 32.5 Å². The number of hydrogen-bond donors (Lipinski definition) is 1. The molecule has 0 saturated carbocycles. The molecule has 0 amide bonds. The molecule has 1 aliphatic heterocycles. The molecule has 0 aliphatic carbocycles. The Morgan fingerprint density at radius 3 is 3.10 bits per heavy atom. The van der Waals surface area contributed by atoms with Gasteiger partial charge in [0, 0.05) is 22.8 Å². The Bertz CT molecular complexity index is 588. The summed E-state index contributed by atoms with van der Waals surface area (Å²) in [7, 11) is 0. The molecule has 0 aromatic carbocycles. The van der Waals surface area contributed by atoms with E-state index in [-0.39, 0.29) is 0 Å². The third-order valence-electron chi connectivity index (χ3n) is 3.96. The van der Waals surface area contributed by atoms with Crippen molar-refractivity contribution in [3.63, 3.8) is 0 Å². The van der Waals surface area contributed by atoms with Gasteiger partial charge in [-0.05, 0) is 36.8 Å². The lowest BCUT2D eigenvalue weighted by atomic mass is 10.0. The Balaban J connectivity index is 1.90. The molecule has 0 bridgehead atoms. The average Bonchev–Trinajstić information content (AvgIpc) is 3.06. The topological polar surface area (TPSA) is 42.2 Å². The fourth-order valence-electron chi connectivity index (χ4n) is 2.85. The van der Waals surface area contributed by atoms with E-state index in [0.717, 1.165) is 30.9 Å². The van der Waals surface area contributed by atoms with Gasteiger partial charge in [0.15, 0.2) is 5.13 Å². The van der Waals surface area contributed by atoms with E-state index in [1.165, 1.54) is 21.0 Å². The second kappa shape index (κ2) is 5.84. The summed E-state index contributed by atoms with van der Waals surface area (Å²) in [6.07, 6.45) is 3.30. The molecular weight excluding hydrogens is 286 g/mol. The van der Waals surface area contributed by atoms with Gasteiger partial charge in [-0.1, -0.05) is 13.3 Å². The van der Waals surface area contributed by atoms with E-state index in [4.69, 9.17) is 10.7 Å². The summed E-state index contributed by atoms with van der Waals surface area (Å²) >= 11 is 3.66. The van der Waals surface area contributed by atoms with Crippen LogP contribution in [0.5, 0.6) is 0 Å². The van der Waals surface area contributed by atoms with Crippen molar-refractivity contribution in [1.29, 1.82) is 0 Å². The van der Waals surface area contributed by atoms with E-state index in [1.54, 1.807) is 11.3 Å². The zero-order chi connectivity index (χ0) is 14.1. The summed E-state index contributed by atoms with van der Waals surface area (Å²) in [5.41, 5.74) is 8.55. The Morgan fingerprint density at radius 1 is 1.50 bits per heavy atom. The fraction of sp³-hybridized carbons (Fsp3) is 0.533. The van der Waals surface area contributed by atoms with Crippen molar-refractivity contribution < 1.29 is 0 Å². The standard InChI is InChI=1S/C15H21N3S2/c1-3-4-12-14(9-16)20-15(17-12)18-7-5-13-11(10(18)2)6-8-19-13/h6,8,10H,3-5,7,9,16H2,1-2H3. The molecule has 2 aromatic rings. The summed E-state index contributed by atoms with van der Waals surface area (Å²) in [5.74, 6) is 0. The molecule has 108 valence electrons. The molecule has 2 aromatic heterocycles. The van der Waals surface area contributed by atoms with Crippen molar-refractivity contribution in [1.82, 2.24) is 4.98 Å². The summed E-state index contributed by atoms with van der Waals surface area (Å²) < 4.78 is 0. The van der Waals surface area contributed by atoms with Crippen LogP contribution in [0.2, 0.25) is 0 Å². The quantitative estimate of drug-likeness (QED) is 0.935. The van der Waals surface area contributed by atoms with Gasteiger partial charge in [-0.15, -0.1) is 22.7 Å². The van der Waals surface area contributed by atoms with Gasteiger partial charge in [0.2, 0.25) is 0 Å². The minimum atomic E-state index is 0.427. The maximum Gasteiger partial charge on any atom is 0.186 e. The van der Waals surface area contributed by atoms with E-state index in [2.05, 4.69) is 30.2 Å². The van der Waals surface area contributed by atoms with Crippen LogP contribution >= 0.6 is 22.7 Å². The van der Waals surface area contributed by atoms with Crippen LogP contribution in [0.25, 0.3) is 0 Å². The van der Waals surface area contributed by atoms with Crippen LogP contribution < -0.4 is 10.6 Å². The van der Waals surface area contributed by atoms with Crippen LogP contribution in [0, 0.1) is 0 Å². The second-order valence-electron chi connectivity index (χ2n) is 5.24. The molecule has 3 rings (SSSR count). The van der Waals surface area contributed by atoms with Crippen molar-refractivity contribution in [2.75, 3.05) is 11.4 Å². The molecule has 20 heavy (non-hydrogen) atoms. The number of rotatable bonds is 4. The van der Waals surface area contributed by atoms with Crippen molar-refractivity contribution in [2.45, 2.75) is 45.7 Å². The highest BCUT2D eigenvalue weighted by atomic mass is 32.1. The molecule has 3 heterocycles. The molecule has 0 radical (unpaired) electrons. The molecular formula is C15H21N3S2. The summed E-state index contributed by atoms with van der Waals surface area (Å²) in [5, 5.41) is 3.36. The molecule has 2 N–H and O–H groups in total. The van der Waals surface area contributed by atoms with Crippen LogP contribution in [0.15, 0.2) is 11.4 Å². The van der Waals surface area contributed by atoms with E-state index in [0.29, 0.717) is 12.6 Å². The number of fused-ring (bicyclic) bond motifs is 1. The number of nitrogens with two attached hydrogens (primary N) is 1. The van der Waals surface area contributed by atoms with Gasteiger partial charge in [-0.2, -0.15) is 0 Å². The SMILES string of the molecule is CCCc1nc(N2CCc3sccc3C2C)sc1CN. The zero-order valence-corrected chi connectivity index (χ0v) is 13.7. The first-order valence-corrected chi connectivity index (χ1v) is 8.95. The summed E-state index contributed by atoms with van der Waals surface area (Å²) in [6.45, 7) is 6.16. The van der Waals surface area contributed by atoms with Gasteiger partial charge in [0.25, 0.3) is 0 Å².